The Bertz CT molecular complexity index is 637. The Morgan fingerprint density at radius 1 is 0.500 bits per heavy atom. The van der Waals surface area contributed by atoms with E-state index in [4.69, 9.17) is 23.7 Å². The molecule has 3 fully saturated rings. The summed E-state index contributed by atoms with van der Waals surface area (Å²) in [7, 11) is 0. The van der Waals surface area contributed by atoms with Crippen molar-refractivity contribution in [1.82, 2.24) is 0 Å². The van der Waals surface area contributed by atoms with Gasteiger partial charge in [0.05, 0.1) is 19.8 Å². The van der Waals surface area contributed by atoms with Crippen molar-refractivity contribution in [2.75, 3.05) is 19.8 Å². The zero-order chi connectivity index (χ0) is 25.3. The van der Waals surface area contributed by atoms with Gasteiger partial charge in [-0.3, -0.25) is 0 Å². The fourth-order valence-corrected chi connectivity index (χ4v) is 3.94. The van der Waals surface area contributed by atoms with Crippen LogP contribution in [-0.4, -0.2) is 168 Å². The Morgan fingerprint density at radius 2 is 1.00 bits per heavy atom. The molecule has 0 aromatic carbocycles. The second kappa shape index (κ2) is 11.6. The van der Waals surface area contributed by atoms with Crippen LogP contribution in [0.3, 0.4) is 0 Å². The highest BCUT2D eigenvalue weighted by molar-refractivity contribution is 4.94. The Labute approximate surface area is 192 Å². The Balaban J connectivity index is 1.65. The smallest absolute Gasteiger partial charge is 0.187 e. The topological polar surface area (TPSA) is 269 Å². The van der Waals surface area contributed by atoms with Gasteiger partial charge in [0.15, 0.2) is 18.9 Å². The minimum Gasteiger partial charge on any atom is -0.394 e. The molecule has 11 N–H and O–H groups in total. The van der Waals surface area contributed by atoms with Gasteiger partial charge in [-0.05, 0) is 0 Å². The van der Waals surface area contributed by atoms with Crippen molar-refractivity contribution in [2.45, 2.75) is 92.1 Å². The van der Waals surface area contributed by atoms with Crippen molar-refractivity contribution >= 4 is 0 Å². The fourth-order valence-electron chi connectivity index (χ4n) is 3.94. The molecule has 0 radical (unpaired) electrons. The highest BCUT2D eigenvalue weighted by Crippen LogP contribution is 2.29. The van der Waals surface area contributed by atoms with Gasteiger partial charge < -0.3 is 79.9 Å². The molecule has 0 amide bonds. The first-order chi connectivity index (χ1) is 16.0. The predicted molar refractivity (Wildman–Crippen MR) is 101 cm³/mol. The molecule has 3 aliphatic heterocycles. The van der Waals surface area contributed by atoms with E-state index in [1.165, 1.54) is 0 Å². The van der Waals surface area contributed by atoms with E-state index >= 15 is 0 Å². The maximum absolute atomic E-state index is 10.6. The SMILES string of the molecule is OC[C@H]1O[C@@H](OC[C@H]2O[C@H](O)[C@@H](O)[C@@H](O[C@H]3O[C@H](CO)[C@@H](O)[C@H](O)[C@@H]3O)[C@@H]2O)[C@@H](O)[C@@H](O)[C@@H]1O. The third-order valence-electron chi connectivity index (χ3n) is 6.07. The van der Waals surface area contributed by atoms with Crippen molar-refractivity contribution < 1.29 is 79.9 Å². The normalized spacial score (nSPS) is 52.5. The lowest BCUT2D eigenvalue weighted by Crippen LogP contribution is -2.65. The highest BCUT2D eigenvalue weighted by Gasteiger charge is 2.51. The van der Waals surface area contributed by atoms with Gasteiger partial charge in [-0.1, -0.05) is 0 Å². The monoisotopic (exact) mass is 504 g/mol. The van der Waals surface area contributed by atoms with Crippen LogP contribution in [0.5, 0.6) is 0 Å². The maximum Gasteiger partial charge on any atom is 0.187 e. The maximum atomic E-state index is 10.6. The van der Waals surface area contributed by atoms with Crippen LogP contribution in [0.15, 0.2) is 0 Å². The van der Waals surface area contributed by atoms with Crippen LogP contribution in [0.1, 0.15) is 0 Å². The number of hydrogen-bond acceptors (Lipinski definition) is 16. The van der Waals surface area contributed by atoms with Gasteiger partial charge >= 0.3 is 0 Å². The quantitative estimate of drug-likeness (QED) is 0.154. The molecule has 3 aliphatic rings. The van der Waals surface area contributed by atoms with Crippen molar-refractivity contribution in [3.63, 3.8) is 0 Å². The molecule has 3 saturated heterocycles. The molecular formula is C18H32O16. The molecule has 0 unspecified atom stereocenters. The third-order valence-corrected chi connectivity index (χ3v) is 6.07. The van der Waals surface area contributed by atoms with Gasteiger partial charge in [-0.15, -0.1) is 0 Å². The van der Waals surface area contributed by atoms with E-state index in [1.54, 1.807) is 0 Å². The summed E-state index contributed by atoms with van der Waals surface area (Å²) in [5.74, 6) is 0. The molecule has 200 valence electrons. The number of aliphatic hydroxyl groups excluding tert-OH is 11. The molecule has 0 spiro atoms. The van der Waals surface area contributed by atoms with E-state index in [-0.39, 0.29) is 0 Å². The van der Waals surface area contributed by atoms with Crippen molar-refractivity contribution in [3.8, 4) is 0 Å². The van der Waals surface area contributed by atoms with Crippen LogP contribution in [-0.2, 0) is 23.7 Å². The summed E-state index contributed by atoms with van der Waals surface area (Å²) >= 11 is 0. The lowest BCUT2D eigenvalue weighted by Gasteiger charge is -2.45. The molecular weight excluding hydrogens is 472 g/mol. The van der Waals surface area contributed by atoms with E-state index in [9.17, 15) is 56.2 Å². The van der Waals surface area contributed by atoms with E-state index in [1.807, 2.05) is 0 Å². The average Bonchev–Trinajstić information content (AvgIpc) is 2.82. The summed E-state index contributed by atoms with van der Waals surface area (Å²) in [6.07, 6.45) is -24.9. The molecule has 3 rings (SSSR count). The van der Waals surface area contributed by atoms with E-state index in [2.05, 4.69) is 0 Å². The van der Waals surface area contributed by atoms with Gasteiger partial charge in [0.2, 0.25) is 0 Å². The molecule has 0 saturated carbocycles. The Hall–Kier alpha value is -0.640. The Morgan fingerprint density at radius 3 is 1.53 bits per heavy atom. The number of aliphatic hydroxyl groups is 11. The summed E-state index contributed by atoms with van der Waals surface area (Å²) in [6, 6.07) is 0. The molecule has 0 aromatic heterocycles. The number of hydrogen-bond donors (Lipinski definition) is 11. The van der Waals surface area contributed by atoms with Crippen molar-refractivity contribution in [1.29, 1.82) is 0 Å². The summed E-state index contributed by atoms with van der Waals surface area (Å²) < 4.78 is 26.1. The minimum absolute atomic E-state index is 0.609. The standard InChI is InChI=1S/C18H32O16/c19-1-4-7(21)10(24)12(26)17(32-4)30-3-6-9(23)15(14(28)16(29)31-6)34-18-13(27)11(25)8(22)5(2-20)33-18/h4-29H,1-3H2/t4-,5-,6-,7-,8-,9-,10+,11+,12+,13+,14+,15+,16+,17-,18-/m1/s1. The van der Waals surface area contributed by atoms with Gasteiger partial charge in [-0.2, -0.15) is 0 Å². The molecule has 3 heterocycles. The number of rotatable bonds is 7. The summed E-state index contributed by atoms with van der Waals surface area (Å²) in [6.45, 7) is -2.06. The largest absolute Gasteiger partial charge is 0.394 e. The zero-order valence-corrected chi connectivity index (χ0v) is 17.7. The summed E-state index contributed by atoms with van der Waals surface area (Å²) in [5, 5.41) is 109. The van der Waals surface area contributed by atoms with E-state index in [0.717, 1.165) is 0 Å². The fraction of sp³-hybridized carbons (Fsp3) is 1.00. The lowest BCUT2D eigenvalue weighted by molar-refractivity contribution is -0.361. The molecule has 0 aliphatic carbocycles. The van der Waals surface area contributed by atoms with Gasteiger partial charge in [0.1, 0.15) is 73.2 Å². The zero-order valence-electron chi connectivity index (χ0n) is 17.7. The lowest BCUT2D eigenvalue weighted by atomic mass is 9.97. The average molecular weight is 504 g/mol. The van der Waals surface area contributed by atoms with Crippen LogP contribution in [0, 0.1) is 0 Å². The van der Waals surface area contributed by atoms with Gasteiger partial charge in [-0.25, -0.2) is 0 Å². The van der Waals surface area contributed by atoms with Crippen molar-refractivity contribution in [2.24, 2.45) is 0 Å². The first-order valence-corrected chi connectivity index (χ1v) is 10.6. The van der Waals surface area contributed by atoms with Crippen LogP contribution >= 0.6 is 0 Å². The van der Waals surface area contributed by atoms with Crippen LogP contribution in [0.4, 0.5) is 0 Å². The second-order valence-electron chi connectivity index (χ2n) is 8.37. The first-order valence-electron chi connectivity index (χ1n) is 10.6. The molecule has 16 heteroatoms. The summed E-state index contributed by atoms with van der Waals surface area (Å²) in [4.78, 5) is 0. The van der Waals surface area contributed by atoms with E-state index < -0.39 is 112 Å². The van der Waals surface area contributed by atoms with Crippen LogP contribution in [0.25, 0.3) is 0 Å². The highest BCUT2D eigenvalue weighted by atomic mass is 16.7. The van der Waals surface area contributed by atoms with E-state index in [0.29, 0.717) is 0 Å². The summed E-state index contributed by atoms with van der Waals surface area (Å²) in [5.41, 5.74) is 0. The van der Waals surface area contributed by atoms with Gasteiger partial charge in [0, 0.05) is 0 Å². The third kappa shape index (κ3) is 5.52. The van der Waals surface area contributed by atoms with Gasteiger partial charge in [0.25, 0.3) is 0 Å². The minimum atomic E-state index is -1.93. The number of ether oxygens (including phenoxy) is 5. The Kier molecular flexibility index (Phi) is 9.54. The molecule has 0 bridgehead atoms. The molecule has 0 aromatic rings. The second-order valence-corrected chi connectivity index (χ2v) is 8.37. The molecule has 34 heavy (non-hydrogen) atoms. The van der Waals surface area contributed by atoms with Crippen LogP contribution in [0.2, 0.25) is 0 Å². The first kappa shape index (κ1) is 27.9. The van der Waals surface area contributed by atoms with Crippen LogP contribution < -0.4 is 0 Å². The van der Waals surface area contributed by atoms with Crippen molar-refractivity contribution in [3.05, 3.63) is 0 Å². The predicted octanol–water partition coefficient (Wildman–Crippen LogP) is -7.57. The molecule has 16 nitrogen and oxygen atoms in total. The molecule has 15 atom stereocenters.